The predicted molar refractivity (Wildman–Crippen MR) is 65.0 cm³/mol. The van der Waals surface area contributed by atoms with Crippen molar-refractivity contribution in [3.63, 3.8) is 0 Å². The molecule has 0 aromatic carbocycles. The Morgan fingerprint density at radius 2 is 2.13 bits per heavy atom. The minimum absolute atomic E-state index is 0.756. The fourth-order valence-electron chi connectivity index (χ4n) is 3.32. The molecule has 88 valence electrons. The average molecular weight is 210 g/mol. The topological polar surface area (TPSA) is 15.3 Å². The highest BCUT2D eigenvalue weighted by Crippen LogP contribution is 2.29. The first-order valence-corrected chi connectivity index (χ1v) is 6.67. The molecule has 0 bridgehead atoms. The molecular formula is C13H26N2. The molecule has 2 aliphatic rings. The monoisotopic (exact) mass is 210 g/mol. The Kier molecular flexibility index (Phi) is 4.04. The fourth-order valence-corrected chi connectivity index (χ4v) is 3.32. The molecule has 1 heterocycles. The minimum Gasteiger partial charge on any atom is -0.316 e. The van der Waals surface area contributed by atoms with Crippen molar-refractivity contribution in [2.24, 2.45) is 11.8 Å². The maximum Gasteiger partial charge on any atom is 0.0204 e. The van der Waals surface area contributed by atoms with Crippen molar-refractivity contribution >= 4 is 0 Å². The third-order valence-corrected chi connectivity index (χ3v) is 4.24. The first-order chi connectivity index (χ1) is 7.28. The van der Waals surface area contributed by atoms with Crippen LogP contribution in [0.5, 0.6) is 0 Å². The van der Waals surface area contributed by atoms with Crippen LogP contribution in [0.2, 0.25) is 0 Å². The SMILES string of the molecule is CNC1CCN(CC2CCCC(C)C2)C1. The van der Waals surface area contributed by atoms with Crippen molar-refractivity contribution in [1.82, 2.24) is 10.2 Å². The number of likely N-dealkylation sites (N-methyl/N-ethyl adjacent to an activating group) is 1. The summed E-state index contributed by atoms with van der Waals surface area (Å²) in [4.78, 5) is 2.67. The van der Waals surface area contributed by atoms with E-state index >= 15 is 0 Å². The molecule has 2 heteroatoms. The molecule has 0 aromatic rings. The maximum absolute atomic E-state index is 3.40. The van der Waals surface area contributed by atoms with Crippen LogP contribution in [-0.2, 0) is 0 Å². The summed E-state index contributed by atoms with van der Waals surface area (Å²) in [6, 6.07) is 0.756. The molecule has 0 aromatic heterocycles. The summed E-state index contributed by atoms with van der Waals surface area (Å²) in [5.41, 5.74) is 0. The zero-order chi connectivity index (χ0) is 10.7. The van der Waals surface area contributed by atoms with E-state index in [2.05, 4.69) is 24.2 Å². The number of hydrogen-bond acceptors (Lipinski definition) is 2. The quantitative estimate of drug-likeness (QED) is 0.767. The summed E-state index contributed by atoms with van der Waals surface area (Å²) in [5.74, 6) is 1.97. The first kappa shape index (κ1) is 11.4. The molecule has 3 atom stereocenters. The van der Waals surface area contributed by atoms with Crippen LogP contribution in [0, 0.1) is 11.8 Å². The largest absolute Gasteiger partial charge is 0.316 e. The van der Waals surface area contributed by atoms with Crippen molar-refractivity contribution in [2.45, 2.75) is 45.1 Å². The normalized spacial score (nSPS) is 38.4. The molecule has 0 radical (unpaired) electrons. The number of nitrogens with zero attached hydrogens (tertiary/aromatic N) is 1. The summed E-state index contributed by atoms with van der Waals surface area (Å²) in [7, 11) is 2.09. The summed E-state index contributed by atoms with van der Waals surface area (Å²) >= 11 is 0. The van der Waals surface area contributed by atoms with Crippen LogP contribution in [0.15, 0.2) is 0 Å². The van der Waals surface area contributed by atoms with Gasteiger partial charge in [0.15, 0.2) is 0 Å². The van der Waals surface area contributed by atoms with E-state index in [0.29, 0.717) is 0 Å². The second-order valence-electron chi connectivity index (χ2n) is 5.67. The van der Waals surface area contributed by atoms with Gasteiger partial charge in [-0.1, -0.05) is 19.8 Å². The van der Waals surface area contributed by atoms with Gasteiger partial charge in [-0.25, -0.2) is 0 Å². The highest BCUT2D eigenvalue weighted by molar-refractivity contribution is 4.82. The summed E-state index contributed by atoms with van der Waals surface area (Å²) < 4.78 is 0. The van der Waals surface area contributed by atoms with Crippen molar-refractivity contribution < 1.29 is 0 Å². The van der Waals surface area contributed by atoms with Crippen molar-refractivity contribution in [3.05, 3.63) is 0 Å². The van der Waals surface area contributed by atoms with Crippen LogP contribution in [-0.4, -0.2) is 37.6 Å². The molecule has 2 fully saturated rings. The highest BCUT2D eigenvalue weighted by atomic mass is 15.2. The molecule has 2 rings (SSSR count). The van der Waals surface area contributed by atoms with Crippen LogP contribution in [0.25, 0.3) is 0 Å². The highest BCUT2D eigenvalue weighted by Gasteiger charge is 2.25. The van der Waals surface area contributed by atoms with Gasteiger partial charge in [-0.2, -0.15) is 0 Å². The van der Waals surface area contributed by atoms with E-state index in [1.54, 1.807) is 0 Å². The van der Waals surface area contributed by atoms with E-state index in [1.807, 2.05) is 0 Å². The standard InChI is InChI=1S/C13H26N2/c1-11-4-3-5-12(8-11)9-15-7-6-13(10-15)14-2/h11-14H,3-10H2,1-2H3. The molecule has 3 unspecified atom stereocenters. The van der Waals surface area contributed by atoms with Gasteiger partial charge in [0.05, 0.1) is 0 Å². The van der Waals surface area contributed by atoms with E-state index in [-0.39, 0.29) is 0 Å². The van der Waals surface area contributed by atoms with Gasteiger partial charge < -0.3 is 10.2 Å². The Balaban J connectivity index is 1.72. The second-order valence-corrected chi connectivity index (χ2v) is 5.67. The second kappa shape index (κ2) is 5.31. The van der Waals surface area contributed by atoms with E-state index in [1.165, 1.54) is 51.7 Å². The van der Waals surface area contributed by atoms with Crippen molar-refractivity contribution in [1.29, 1.82) is 0 Å². The molecular weight excluding hydrogens is 184 g/mol. The van der Waals surface area contributed by atoms with Crippen LogP contribution in [0.3, 0.4) is 0 Å². The van der Waals surface area contributed by atoms with Crippen molar-refractivity contribution in [3.8, 4) is 0 Å². The number of hydrogen-bond donors (Lipinski definition) is 1. The van der Waals surface area contributed by atoms with E-state index < -0.39 is 0 Å². The molecule has 1 aliphatic carbocycles. The smallest absolute Gasteiger partial charge is 0.0204 e. The molecule has 0 spiro atoms. The number of nitrogens with one attached hydrogen (secondary N) is 1. The molecule has 0 amide bonds. The lowest BCUT2D eigenvalue weighted by Gasteiger charge is -2.30. The van der Waals surface area contributed by atoms with Gasteiger partial charge in [0, 0.05) is 19.1 Å². The zero-order valence-corrected chi connectivity index (χ0v) is 10.3. The molecule has 1 saturated heterocycles. The first-order valence-electron chi connectivity index (χ1n) is 6.67. The summed E-state index contributed by atoms with van der Waals surface area (Å²) in [5, 5.41) is 3.40. The van der Waals surface area contributed by atoms with Crippen LogP contribution in [0.1, 0.15) is 39.0 Å². The molecule has 15 heavy (non-hydrogen) atoms. The zero-order valence-electron chi connectivity index (χ0n) is 10.3. The lowest BCUT2D eigenvalue weighted by molar-refractivity contribution is 0.201. The third-order valence-electron chi connectivity index (χ3n) is 4.24. The molecule has 1 aliphatic heterocycles. The van der Waals surface area contributed by atoms with Crippen molar-refractivity contribution in [2.75, 3.05) is 26.7 Å². The summed E-state index contributed by atoms with van der Waals surface area (Å²) in [6.07, 6.45) is 7.23. The van der Waals surface area contributed by atoms with Gasteiger partial charge in [0.25, 0.3) is 0 Å². The van der Waals surface area contributed by atoms with Crippen LogP contribution >= 0.6 is 0 Å². The molecule has 2 nitrogen and oxygen atoms in total. The molecule has 1 N–H and O–H groups in total. The van der Waals surface area contributed by atoms with Gasteiger partial charge in [-0.3, -0.25) is 0 Å². The fraction of sp³-hybridized carbons (Fsp3) is 1.00. The van der Waals surface area contributed by atoms with Gasteiger partial charge in [-0.15, -0.1) is 0 Å². The van der Waals surface area contributed by atoms with Gasteiger partial charge in [-0.05, 0) is 44.7 Å². The van der Waals surface area contributed by atoms with Gasteiger partial charge >= 0.3 is 0 Å². The number of rotatable bonds is 3. The Labute approximate surface area is 94.4 Å². The molecule has 1 saturated carbocycles. The Morgan fingerprint density at radius 1 is 1.27 bits per heavy atom. The van der Waals surface area contributed by atoms with E-state index in [0.717, 1.165) is 17.9 Å². The maximum atomic E-state index is 3.40. The summed E-state index contributed by atoms with van der Waals surface area (Å²) in [6.45, 7) is 6.38. The Morgan fingerprint density at radius 3 is 2.80 bits per heavy atom. The van der Waals surface area contributed by atoms with Gasteiger partial charge in [0.1, 0.15) is 0 Å². The van der Waals surface area contributed by atoms with E-state index in [9.17, 15) is 0 Å². The third kappa shape index (κ3) is 3.18. The van der Waals surface area contributed by atoms with E-state index in [4.69, 9.17) is 0 Å². The minimum atomic E-state index is 0.756. The lowest BCUT2D eigenvalue weighted by atomic mass is 9.82. The van der Waals surface area contributed by atoms with Gasteiger partial charge in [0.2, 0.25) is 0 Å². The Bertz CT molecular complexity index is 193. The van der Waals surface area contributed by atoms with Crippen LogP contribution in [0.4, 0.5) is 0 Å². The Hall–Kier alpha value is -0.0800. The average Bonchev–Trinajstić information content (AvgIpc) is 2.65. The lowest BCUT2D eigenvalue weighted by Crippen LogP contribution is -2.33. The van der Waals surface area contributed by atoms with Crippen LogP contribution < -0.4 is 5.32 Å². The predicted octanol–water partition coefficient (Wildman–Crippen LogP) is 2.11. The number of likely N-dealkylation sites (tertiary alicyclic amines) is 1.